The SMILES string of the molecule is N#Cc1cc(Br)cnc1N1CCCC(NC(=O)c2ccncc2)C1. The number of amides is 1. The number of carbonyl (C=O) groups is 1. The summed E-state index contributed by atoms with van der Waals surface area (Å²) in [6.45, 7) is 1.46. The lowest BCUT2D eigenvalue weighted by Gasteiger charge is -2.34. The van der Waals surface area contributed by atoms with Crippen molar-refractivity contribution in [1.29, 1.82) is 5.26 Å². The first-order chi connectivity index (χ1) is 11.7. The number of halogens is 1. The molecule has 2 aromatic heterocycles. The Hall–Kier alpha value is -2.46. The third kappa shape index (κ3) is 3.71. The molecule has 1 N–H and O–H groups in total. The van der Waals surface area contributed by atoms with E-state index >= 15 is 0 Å². The molecule has 0 radical (unpaired) electrons. The van der Waals surface area contributed by atoms with Gasteiger partial charge < -0.3 is 10.2 Å². The molecule has 2 aromatic rings. The summed E-state index contributed by atoms with van der Waals surface area (Å²) in [6, 6.07) is 7.37. The fraction of sp³-hybridized carbons (Fsp3) is 0.294. The summed E-state index contributed by atoms with van der Waals surface area (Å²) in [5.74, 6) is 0.567. The molecule has 3 heterocycles. The molecule has 0 aromatic carbocycles. The molecule has 3 rings (SSSR count). The molecular weight excluding hydrogens is 370 g/mol. The third-order valence-electron chi connectivity index (χ3n) is 3.95. The van der Waals surface area contributed by atoms with Crippen LogP contribution in [-0.4, -0.2) is 35.0 Å². The summed E-state index contributed by atoms with van der Waals surface area (Å²) >= 11 is 3.34. The van der Waals surface area contributed by atoms with Gasteiger partial charge in [0.2, 0.25) is 0 Å². The number of aromatic nitrogens is 2. The average Bonchev–Trinajstić information content (AvgIpc) is 2.62. The van der Waals surface area contributed by atoms with Crippen LogP contribution < -0.4 is 10.2 Å². The molecule has 0 bridgehead atoms. The maximum atomic E-state index is 12.3. The monoisotopic (exact) mass is 385 g/mol. The lowest BCUT2D eigenvalue weighted by atomic mass is 10.0. The van der Waals surface area contributed by atoms with Crippen LogP contribution in [0.1, 0.15) is 28.8 Å². The van der Waals surface area contributed by atoms with Gasteiger partial charge in [-0.3, -0.25) is 9.78 Å². The van der Waals surface area contributed by atoms with Gasteiger partial charge in [0, 0.05) is 47.8 Å². The number of hydrogen-bond acceptors (Lipinski definition) is 5. The Balaban J connectivity index is 1.71. The van der Waals surface area contributed by atoms with Crippen molar-refractivity contribution in [3.05, 3.63) is 52.4 Å². The first-order valence-corrected chi connectivity index (χ1v) is 8.48. The third-order valence-corrected chi connectivity index (χ3v) is 4.39. The minimum absolute atomic E-state index is 0.0244. The molecule has 0 saturated carbocycles. The Morgan fingerprint density at radius 1 is 1.42 bits per heavy atom. The van der Waals surface area contributed by atoms with E-state index in [1.165, 1.54) is 0 Å². The second kappa shape index (κ2) is 7.41. The van der Waals surface area contributed by atoms with Crippen molar-refractivity contribution < 1.29 is 4.79 Å². The summed E-state index contributed by atoms with van der Waals surface area (Å²) in [7, 11) is 0. The number of hydrogen-bond donors (Lipinski definition) is 1. The van der Waals surface area contributed by atoms with Gasteiger partial charge in [0.15, 0.2) is 0 Å². The Morgan fingerprint density at radius 3 is 2.96 bits per heavy atom. The maximum Gasteiger partial charge on any atom is 0.251 e. The second-order valence-corrected chi connectivity index (χ2v) is 6.55. The van der Waals surface area contributed by atoms with Crippen molar-refractivity contribution in [2.75, 3.05) is 18.0 Å². The molecule has 1 fully saturated rings. The summed E-state index contributed by atoms with van der Waals surface area (Å²) in [5, 5.41) is 12.4. The molecule has 1 saturated heterocycles. The van der Waals surface area contributed by atoms with Crippen LogP contribution in [0.4, 0.5) is 5.82 Å². The Morgan fingerprint density at radius 2 is 2.21 bits per heavy atom. The van der Waals surface area contributed by atoms with Crippen molar-refractivity contribution in [3.63, 3.8) is 0 Å². The molecule has 0 aliphatic carbocycles. The number of nitrogens with zero attached hydrogens (tertiary/aromatic N) is 4. The van der Waals surface area contributed by atoms with Gasteiger partial charge in [-0.25, -0.2) is 4.98 Å². The highest BCUT2D eigenvalue weighted by Gasteiger charge is 2.24. The summed E-state index contributed by atoms with van der Waals surface area (Å²) in [4.78, 5) is 22.7. The van der Waals surface area contributed by atoms with Gasteiger partial charge in [0.25, 0.3) is 5.91 Å². The van der Waals surface area contributed by atoms with Crippen LogP contribution in [0.15, 0.2) is 41.3 Å². The van der Waals surface area contributed by atoms with Gasteiger partial charge >= 0.3 is 0 Å². The number of nitriles is 1. The number of pyridine rings is 2. The van der Waals surface area contributed by atoms with E-state index in [9.17, 15) is 10.1 Å². The largest absolute Gasteiger partial charge is 0.353 e. The van der Waals surface area contributed by atoms with Crippen molar-refractivity contribution in [3.8, 4) is 6.07 Å². The normalized spacial score (nSPS) is 17.2. The lowest BCUT2D eigenvalue weighted by molar-refractivity contribution is 0.0933. The first kappa shape index (κ1) is 16.4. The second-order valence-electron chi connectivity index (χ2n) is 5.63. The Kier molecular flexibility index (Phi) is 5.06. The van der Waals surface area contributed by atoms with Gasteiger partial charge in [0.05, 0.1) is 5.56 Å². The zero-order valence-electron chi connectivity index (χ0n) is 12.9. The Labute approximate surface area is 148 Å². The zero-order valence-corrected chi connectivity index (χ0v) is 14.5. The van der Waals surface area contributed by atoms with Crippen molar-refractivity contribution in [2.24, 2.45) is 0 Å². The molecule has 0 spiro atoms. The van der Waals surface area contributed by atoms with Gasteiger partial charge in [0.1, 0.15) is 11.9 Å². The fourth-order valence-electron chi connectivity index (χ4n) is 2.83. The smallest absolute Gasteiger partial charge is 0.251 e. The molecular formula is C17H16BrN5O. The first-order valence-electron chi connectivity index (χ1n) is 7.69. The molecule has 1 amide bonds. The number of carbonyl (C=O) groups excluding carboxylic acids is 1. The van der Waals surface area contributed by atoms with Gasteiger partial charge in [-0.2, -0.15) is 5.26 Å². The maximum absolute atomic E-state index is 12.3. The molecule has 6 nitrogen and oxygen atoms in total. The number of piperidine rings is 1. The molecule has 1 atom stereocenters. The Bertz CT molecular complexity index is 774. The van der Waals surface area contributed by atoms with E-state index in [1.807, 2.05) is 0 Å². The van der Waals surface area contributed by atoms with E-state index in [4.69, 9.17) is 0 Å². The minimum Gasteiger partial charge on any atom is -0.353 e. The minimum atomic E-state index is -0.103. The van der Waals surface area contributed by atoms with E-state index in [0.717, 1.165) is 23.9 Å². The van der Waals surface area contributed by atoms with E-state index in [-0.39, 0.29) is 11.9 Å². The van der Waals surface area contributed by atoms with Gasteiger partial charge in [-0.15, -0.1) is 0 Å². The highest BCUT2D eigenvalue weighted by atomic mass is 79.9. The van der Waals surface area contributed by atoms with E-state index in [0.29, 0.717) is 23.5 Å². The molecule has 122 valence electrons. The van der Waals surface area contributed by atoms with Crippen LogP contribution in [0.5, 0.6) is 0 Å². The summed E-state index contributed by atoms with van der Waals surface area (Å²) in [5.41, 5.74) is 1.13. The van der Waals surface area contributed by atoms with E-state index in [2.05, 4.69) is 42.2 Å². The number of rotatable bonds is 3. The van der Waals surface area contributed by atoms with Crippen LogP contribution in [0.2, 0.25) is 0 Å². The highest BCUT2D eigenvalue weighted by Crippen LogP contribution is 2.24. The van der Waals surface area contributed by atoms with Gasteiger partial charge in [-0.05, 0) is 47.0 Å². The predicted molar refractivity (Wildman–Crippen MR) is 93.6 cm³/mol. The van der Waals surface area contributed by atoms with Crippen LogP contribution in [0.25, 0.3) is 0 Å². The molecule has 1 unspecified atom stereocenters. The summed E-state index contributed by atoms with van der Waals surface area (Å²) in [6.07, 6.45) is 6.74. The highest BCUT2D eigenvalue weighted by molar-refractivity contribution is 9.10. The van der Waals surface area contributed by atoms with E-state index in [1.54, 1.807) is 36.8 Å². The van der Waals surface area contributed by atoms with E-state index < -0.39 is 0 Å². The van der Waals surface area contributed by atoms with Crippen LogP contribution in [0.3, 0.4) is 0 Å². The number of nitrogens with one attached hydrogen (secondary N) is 1. The van der Waals surface area contributed by atoms with Crippen LogP contribution in [-0.2, 0) is 0 Å². The zero-order chi connectivity index (χ0) is 16.9. The lowest BCUT2D eigenvalue weighted by Crippen LogP contribution is -2.48. The van der Waals surface area contributed by atoms with Gasteiger partial charge in [-0.1, -0.05) is 0 Å². The van der Waals surface area contributed by atoms with Crippen LogP contribution >= 0.6 is 15.9 Å². The standard InChI is InChI=1S/C17H16BrN5O/c18-14-8-13(9-19)16(21-10-14)23-7-1-2-15(11-23)22-17(24)12-3-5-20-6-4-12/h3-6,8,10,15H,1-2,7,11H2,(H,22,24). The van der Waals surface area contributed by atoms with Crippen molar-refractivity contribution in [2.45, 2.75) is 18.9 Å². The van der Waals surface area contributed by atoms with Crippen LogP contribution in [0, 0.1) is 11.3 Å². The van der Waals surface area contributed by atoms with Crippen molar-refractivity contribution in [1.82, 2.24) is 15.3 Å². The van der Waals surface area contributed by atoms with Crippen molar-refractivity contribution >= 4 is 27.7 Å². The topological polar surface area (TPSA) is 81.9 Å². The average molecular weight is 386 g/mol. The fourth-order valence-corrected chi connectivity index (χ4v) is 3.16. The predicted octanol–water partition coefficient (Wildman–Crippen LogP) is 2.51. The molecule has 7 heteroatoms. The number of anilines is 1. The molecule has 1 aliphatic rings. The molecule has 1 aliphatic heterocycles. The quantitative estimate of drug-likeness (QED) is 0.877. The molecule has 24 heavy (non-hydrogen) atoms. The summed E-state index contributed by atoms with van der Waals surface area (Å²) < 4.78 is 0.780.